The predicted octanol–water partition coefficient (Wildman–Crippen LogP) is 3.21. The van der Waals surface area contributed by atoms with Crippen LogP contribution in [0.4, 0.5) is 10.4 Å². The third-order valence-electron chi connectivity index (χ3n) is 5.47. The molecule has 2 aromatic heterocycles. The van der Waals surface area contributed by atoms with E-state index in [1.54, 1.807) is 30.0 Å². The molecular formula is C22H26FN5O2. The van der Waals surface area contributed by atoms with Gasteiger partial charge in [-0.3, -0.25) is 9.48 Å². The Kier molecular flexibility index (Phi) is 5.57. The van der Waals surface area contributed by atoms with E-state index in [-0.39, 0.29) is 18.3 Å². The first-order valence-corrected chi connectivity index (χ1v) is 10.2. The third-order valence-corrected chi connectivity index (χ3v) is 5.47. The van der Waals surface area contributed by atoms with Gasteiger partial charge >= 0.3 is 0 Å². The SMILES string of the molecule is CCc1cc(-c2ccc(F)c(C)c2)nn1CC(=O)N1CCN(c2nc(C)co2)CC1. The van der Waals surface area contributed by atoms with E-state index in [9.17, 15) is 9.18 Å². The standard InChI is InChI=1S/C22H26FN5O2/c1-4-18-12-20(17-5-6-19(23)15(2)11-17)25-28(18)13-21(29)26-7-9-27(10-8-26)22-24-16(3)14-30-22/h5-6,11-12,14H,4,7-10,13H2,1-3H3. The summed E-state index contributed by atoms with van der Waals surface area (Å²) in [5.74, 6) is -0.194. The molecule has 0 aliphatic carbocycles. The van der Waals surface area contributed by atoms with Crippen LogP contribution < -0.4 is 4.90 Å². The molecule has 0 spiro atoms. The van der Waals surface area contributed by atoms with Crippen molar-refractivity contribution in [1.29, 1.82) is 0 Å². The summed E-state index contributed by atoms with van der Waals surface area (Å²) in [4.78, 5) is 21.2. The summed E-state index contributed by atoms with van der Waals surface area (Å²) in [7, 11) is 0. The Labute approximate surface area is 175 Å². The van der Waals surface area contributed by atoms with Gasteiger partial charge in [0.1, 0.15) is 18.6 Å². The highest BCUT2D eigenvalue weighted by Gasteiger charge is 2.24. The lowest BCUT2D eigenvalue weighted by Crippen LogP contribution is -2.49. The van der Waals surface area contributed by atoms with Crippen LogP contribution in [-0.2, 0) is 17.8 Å². The Morgan fingerprint density at radius 1 is 1.17 bits per heavy atom. The minimum Gasteiger partial charge on any atom is -0.432 e. The molecule has 0 saturated carbocycles. The molecule has 0 unspecified atom stereocenters. The van der Waals surface area contributed by atoms with Crippen LogP contribution in [0.1, 0.15) is 23.9 Å². The van der Waals surface area contributed by atoms with Crippen molar-refractivity contribution >= 4 is 11.9 Å². The van der Waals surface area contributed by atoms with E-state index < -0.39 is 0 Å². The summed E-state index contributed by atoms with van der Waals surface area (Å²) in [6.45, 7) is 8.47. The maximum Gasteiger partial charge on any atom is 0.297 e. The molecule has 1 amide bonds. The fraction of sp³-hybridized carbons (Fsp3) is 0.409. The number of anilines is 1. The number of benzene rings is 1. The van der Waals surface area contributed by atoms with Crippen molar-refractivity contribution in [3.63, 3.8) is 0 Å². The lowest BCUT2D eigenvalue weighted by Gasteiger charge is -2.33. The molecule has 4 rings (SSSR count). The number of rotatable bonds is 5. The summed E-state index contributed by atoms with van der Waals surface area (Å²) < 4.78 is 20.8. The highest BCUT2D eigenvalue weighted by molar-refractivity contribution is 5.76. The van der Waals surface area contributed by atoms with Crippen LogP contribution in [0.15, 0.2) is 34.9 Å². The van der Waals surface area contributed by atoms with E-state index >= 15 is 0 Å². The quantitative estimate of drug-likeness (QED) is 0.645. The molecule has 0 bridgehead atoms. The maximum absolute atomic E-state index is 13.6. The van der Waals surface area contributed by atoms with Crippen LogP contribution in [0, 0.1) is 19.7 Å². The Bertz CT molecular complexity index is 1050. The minimum atomic E-state index is -0.233. The number of hydrogen-bond acceptors (Lipinski definition) is 5. The first-order chi connectivity index (χ1) is 14.4. The number of halogens is 1. The van der Waals surface area contributed by atoms with Gasteiger partial charge < -0.3 is 14.2 Å². The third kappa shape index (κ3) is 4.08. The zero-order valence-electron chi connectivity index (χ0n) is 17.6. The van der Waals surface area contributed by atoms with Crippen LogP contribution in [0.25, 0.3) is 11.3 Å². The van der Waals surface area contributed by atoms with Crippen molar-refractivity contribution in [2.45, 2.75) is 33.7 Å². The van der Waals surface area contributed by atoms with Crippen molar-refractivity contribution in [2.24, 2.45) is 0 Å². The lowest BCUT2D eigenvalue weighted by atomic mass is 10.1. The van der Waals surface area contributed by atoms with E-state index in [1.165, 1.54) is 6.07 Å². The van der Waals surface area contributed by atoms with Crippen molar-refractivity contribution < 1.29 is 13.6 Å². The van der Waals surface area contributed by atoms with Gasteiger partial charge in [0.2, 0.25) is 5.91 Å². The number of oxazole rings is 1. The average Bonchev–Trinajstić information content (AvgIpc) is 3.36. The smallest absolute Gasteiger partial charge is 0.297 e. The molecule has 1 aliphatic rings. The Morgan fingerprint density at radius 2 is 1.93 bits per heavy atom. The fourth-order valence-corrected chi connectivity index (χ4v) is 3.68. The van der Waals surface area contributed by atoms with Gasteiger partial charge in [-0.2, -0.15) is 10.1 Å². The highest BCUT2D eigenvalue weighted by Crippen LogP contribution is 2.22. The number of carbonyl (C=O) groups is 1. The zero-order valence-corrected chi connectivity index (χ0v) is 17.6. The van der Waals surface area contributed by atoms with Crippen LogP contribution in [0.5, 0.6) is 0 Å². The summed E-state index contributed by atoms with van der Waals surface area (Å²) in [5, 5.41) is 4.63. The van der Waals surface area contributed by atoms with Crippen molar-refractivity contribution in [3.8, 4) is 11.3 Å². The van der Waals surface area contributed by atoms with Crippen molar-refractivity contribution in [1.82, 2.24) is 19.7 Å². The van der Waals surface area contributed by atoms with Crippen LogP contribution in [0.2, 0.25) is 0 Å². The molecule has 1 saturated heterocycles. The Balaban J connectivity index is 1.43. The van der Waals surface area contributed by atoms with Gasteiger partial charge in [0.15, 0.2) is 0 Å². The first kappa shape index (κ1) is 20.1. The molecule has 0 N–H and O–H groups in total. The van der Waals surface area contributed by atoms with Gasteiger partial charge in [0.25, 0.3) is 6.01 Å². The minimum absolute atomic E-state index is 0.0397. The second-order valence-electron chi connectivity index (χ2n) is 7.64. The summed E-state index contributed by atoms with van der Waals surface area (Å²) >= 11 is 0. The molecule has 3 aromatic rings. The molecule has 7 nitrogen and oxygen atoms in total. The van der Waals surface area contributed by atoms with E-state index in [0.29, 0.717) is 37.8 Å². The summed E-state index contributed by atoms with van der Waals surface area (Å²) in [5.41, 5.74) is 4.02. The molecule has 0 atom stereocenters. The summed E-state index contributed by atoms with van der Waals surface area (Å²) in [6.07, 6.45) is 2.40. The lowest BCUT2D eigenvalue weighted by molar-refractivity contribution is -0.132. The van der Waals surface area contributed by atoms with E-state index in [1.807, 2.05) is 24.8 Å². The predicted molar refractivity (Wildman–Crippen MR) is 112 cm³/mol. The maximum atomic E-state index is 13.6. The van der Waals surface area contributed by atoms with Crippen LogP contribution >= 0.6 is 0 Å². The largest absolute Gasteiger partial charge is 0.432 e. The molecule has 0 radical (unpaired) electrons. The Morgan fingerprint density at radius 3 is 2.57 bits per heavy atom. The number of piperazine rings is 1. The van der Waals surface area contributed by atoms with E-state index in [0.717, 1.165) is 29.1 Å². The number of hydrogen-bond donors (Lipinski definition) is 0. The first-order valence-electron chi connectivity index (χ1n) is 10.2. The van der Waals surface area contributed by atoms with Gasteiger partial charge in [-0.05, 0) is 50.1 Å². The van der Waals surface area contributed by atoms with Gasteiger partial charge in [-0.25, -0.2) is 4.39 Å². The molecule has 158 valence electrons. The van der Waals surface area contributed by atoms with Gasteiger partial charge in [0.05, 0.1) is 11.4 Å². The fourth-order valence-electron chi connectivity index (χ4n) is 3.68. The molecule has 1 aliphatic heterocycles. The van der Waals surface area contributed by atoms with E-state index in [4.69, 9.17) is 4.42 Å². The number of nitrogens with zero attached hydrogens (tertiary/aromatic N) is 5. The van der Waals surface area contributed by atoms with Gasteiger partial charge in [-0.15, -0.1) is 0 Å². The van der Waals surface area contributed by atoms with Crippen LogP contribution in [-0.4, -0.2) is 51.8 Å². The molecule has 8 heteroatoms. The molecule has 1 aromatic carbocycles. The monoisotopic (exact) mass is 411 g/mol. The highest BCUT2D eigenvalue weighted by atomic mass is 19.1. The van der Waals surface area contributed by atoms with Gasteiger partial charge in [0, 0.05) is 37.4 Å². The number of aryl methyl sites for hydroxylation is 3. The van der Waals surface area contributed by atoms with Crippen LogP contribution in [0.3, 0.4) is 0 Å². The van der Waals surface area contributed by atoms with Crippen molar-refractivity contribution in [3.05, 3.63) is 53.3 Å². The number of carbonyl (C=O) groups excluding carboxylic acids is 1. The number of amides is 1. The van der Waals surface area contributed by atoms with Gasteiger partial charge in [-0.1, -0.05) is 6.92 Å². The average molecular weight is 411 g/mol. The van der Waals surface area contributed by atoms with Crippen molar-refractivity contribution in [2.75, 3.05) is 31.1 Å². The molecule has 1 fully saturated rings. The molecule has 3 heterocycles. The Hall–Kier alpha value is -3.16. The second kappa shape index (κ2) is 8.30. The normalized spacial score (nSPS) is 14.4. The topological polar surface area (TPSA) is 67.4 Å². The van der Waals surface area contributed by atoms with E-state index in [2.05, 4.69) is 15.0 Å². The molecular weight excluding hydrogens is 385 g/mol. The zero-order chi connectivity index (χ0) is 21.3. The summed E-state index contributed by atoms with van der Waals surface area (Å²) in [6, 6.07) is 7.55. The molecule has 30 heavy (non-hydrogen) atoms. The number of aromatic nitrogens is 3. The second-order valence-corrected chi connectivity index (χ2v) is 7.64.